The van der Waals surface area contributed by atoms with Crippen molar-refractivity contribution in [2.24, 2.45) is 0 Å². The monoisotopic (exact) mass is 523 g/mol. The average Bonchev–Trinajstić information content (AvgIpc) is 3.69. The number of imidazole rings is 1. The minimum atomic E-state index is 0.936. The molecule has 5 aromatic heterocycles. The van der Waals surface area contributed by atoms with E-state index in [-0.39, 0.29) is 0 Å². The lowest BCUT2D eigenvalue weighted by Gasteiger charge is -2.11. The van der Waals surface area contributed by atoms with E-state index in [0.29, 0.717) is 0 Å². The van der Waals surface area contributed by atoms with Gasteiger partial charge in [-0.3, -0.25) is 14.4 Å². The molecular formula is C36H21N5. The van der Waals surface area contributed by atoms with Gasteiger partial charge in [-0.25, -0.2) is 4.98 Å². The third-order valence-electron chi connectivity index (χ3n) is 8.87. The van der Waals surface area contributed by atoms with E-state index in [1.165, 1.54) is 44.1 Å². The van der Waals surface area contributed by atoms with Crippen molar-refractivity contribution < 1.29 is 0 Å². The number of fused-ring (bicyclic) bond motifs is 15. The Bertz CT molecular complexity index is 2550. The molecule has 0 spiro atoms. The summed E-state index contributed by atoms with van der Waals surface area (Å²) >= 11 is 0. The van der Waals surface area contributed by atoms with Crippen molar-refractivity contribution in [3.8, 4) is 16.8 Å². The molecule has 0 unspecified atom stereocenters. The van der Waals surface area contributed by atoms with Crippen molar-refractivity contribution in [1.82, 2.24) is 23.9 Å². The first-order chi connectivity index (χ1) is 20.3. The van der Waals surface area contributed by atoms with Gasteiger partial charge in [0.1, 0.15) is 5.65 Å². The fourth-order valence-electron chi connectivity index (χ4n) is 7.18. The Balaban J connectivity index is 1.48. The lowest BCUT2D eigenvalue weighted by Crippen LogP contribution is -1.95. The van der Waals surface area contributed by atoms with E-state index in [9.17, 15) is 0 Å². The number of pyridine rings is 3. The third kappa shape index (κ3) is 2.68. The Labute approximate surface area is 234 Å². The highest BCUT2D eigenvalue weighted by atomic mass is 15.0. The predicted octanol–water partition coefficient (Wildman–Crippen LogP) is 8.25. The second-order valence-corrected chi connectivity index (χ2v) is 10.9. The zero-order chi connectivity index (χ0) is 26.7. The summed E-state index contributed by atoms with van der Waals surface area (Å²) in [5, 5.41) is 5.88. The van der Waals surface area contributed by atoms with Crippen molar-refractivity contribution in [3.05, 3.63) is 127 Å². The van der Waals surface area contributed by atoms with Crippen LogP contribution in [0.4, 0.5) is 0 Å². The molecule has 0 saturated carbocycles. The number of hydrogen-bond donors (Lipinski definition) is 0. The summed E-state index contributed by atoms with van der Waals surface area (Å²) in [5.41, 5.74) is 12.9. The minimum Gasteiger partial charge on any atom is -0.309 e. The molecule has 5 heteroatoms. The number of benzene rings is 4. The van der Waals surface area contributed by atoms with Crippen LogP contribution in [0.5, 0.6) is 0 Å². The van der Waals surface area contributed by atoms with E-state index >= 15 is 0 Å². The van der Waals surface area contributed by atoms with Crippen LogP contribution in [0.25, 0.3) is 77.0 Å². The van der Waals surface area contributed by atoms with Crippen LogP contribution in [0.3, 0.4) is 0 Å². The van der Waals surface area contributed by atoms with Crippen molar-refractivity contribution >= 4 is 60.2 Å². The largest absolute Gasteiger partial charge is 0.309 e. The Morgan fingerprint density at radius 1 is 0.561 bits per heavy atom. The molecule has 0 amide bonds. The van der Waals surface area contributed by atoms with Crippen LogP contribution in [0.1, 0.15) is 11.1 Å². The van der Waals surface area contributed by atoms with E-state index in [1.54, 1.807) is 0 Å². The van der Waals surface area contributed by atoms with Gasteiger partial charge in [0.25, 0.3) is 0 Å². The number of para-hydroxylation sites is 1. The molecule has 0 saturated heterocycles. The first-order valence-corrected chi connectivity index (χ1v) is 13.9. The molecule has 0 fully saturated rings. The fourth-order valence-corrected chi connectivity index (χ4v) is 7.18. The number of rotatable bonds is 1. The van der Waals surface area contributed by atoms with Gasteiger partial charge in [-0.15, -0.1) is 0 Å². The molecule has 4 aromatic carbocycles. The maximum absolute atomic E-state index is 5.23. The summed E-state index contributed by atoms with van der Waals surface area (Å²) in [7, 11) is 0. The fraction of sp³-hybridized carbons (Fsp3) is 0.0278. The highest BCUT2D eigenvalue weighted by Gasteiger charge is 2.25. The Kier molecular flexibility index (Phi) is 3.92. The van der Waals surface area contributed by atoms with E-state index in [2.05, 4.69) is 104 Å². The SMILES string of the molecule is c1ccc(-n2c3cc4c(cc3c3c5c(ccc32)c2cnccc2n2c3cnccc3nc52)Cc2ccccc2-4)cc1. The van der Waals surface area contributed by atoms with E-state index in [0.717, 1.165) is 50.5 Å². The zero-order valence-corrected chi connectivity index (χ0v) is 21.9. The van der Waals surface area contributed by atoms with Gasteiger partial charge in [0, 0.05) is 45.8 Å². The topological polar surface area (TPSA) is 48.0 Å². The molecule has 0 N–H and O–H groups in total. The quantitative estimate of drug-likeness (QED) is 0.204. The molecule has 1 aliphatic rings. The lowest BCUT2D eigenvalue weighted by molar-refractivity contribution is 1.18. The smallest absolute Gasteiger partial charge is 0.147 e. The molecule has 5 nitrogen and oxygen atoms in total. The van der Waals surface area contributed by atoms with E-state index < -0.39 is 0 Å². The Morgan fingerprint density at radius 2 is 1.41 bits per heavy atom. The minimum absolute atomic E-state index is 0.936. The molecule has 41 heavy (non-hydrogen) atoms. The highest BCUT2D eigenvalue weighted by Crippen LogP contribution is 2.45. The van der Waals surface area contributed by atoms with E-state index in [1.807, 2.05) is 30.9 Å². The van der Waals surface area contributed by atoms with Crippen LogP contribution in [-0.2, 0) is 6.42 Å². The summed E-state index contributed by atoms with van der Waals surface area (Å²) in [5.74, 6) is 0. The number of hydrogen-bond acceptors (Lipinski definition) is 3. The Hall–Kier alpha value is -5.55. The molecule has 1 aliphatic carbocycles. The van der Waals surface area contributed by atoms with Crippen molar-refractivity contribution in [2.75, 3.05) is 0 Å². The molecule has 5 heterocycles. The van der Waals surface area contributed by atoms with Gasteiger partial charge in [-0.1, -0.05) is 48.5 Å². The molecular weight excluding hydrogens is 502 g/mol. The van der Waals surface area contributed by atoms with Gasteiger partial charge < -0.3 is 4.57 Å². The van der Waals surface area contributed by atoms with Gasteiger partial charge in [0.05, 0.1) is 33.8 Å². The van der Waals surface area contributed by atoms with Crippen molar-refractivity contribution in [1.29, 1.82) is 0 Å². The summed E-state index contributed by atoms with van der Waals surface area (Å²) in [6.07, 6.45) is 8.52. The van der Waals surface area contributed by atoms with Crippen LogP contribution in [-0.4, -0.2) is 23.9 Å². The average molecular weight is 524 g/mol. The summed E-state index contributed by atoms with van der Waals surface area (Å²) in [6.45, 7) is 0. The molecule has 0 atom stereocenters. The first kappa shape index (κ1) is 21.3. The second-order valence-electron chi connectivity index (χ2n) is 10.9. The summed E-state index contributed by atoms with van der Waals surface area (Å²) < 4.78 is 4.68. The zero-order valence-electron chi connectivity index (χ0n) is 21.9. The highest BCUT2D eigenvalue weighted by molar-refractivity contribution is 6.30. The maximum Gasteiger partial charge on any atom is 0.147 e. The van der Waals surface area contributed by atoms with Crippen molar-refractivity contribution in [3.63, 3.8) is 0 Å². The number of aromatic nitrogens is 5. The third-order valence-corrected chi connectivity index (χ3v) is 8.87. The van der Waals surface area contributed by atoms with Crippen LogP contribution in [0.15, 0.2) is 116 Å². The molecule has 0 radical (unpaired) electrons. The van der Waals surface area contributed by atoms with Crippen LogP contribution in [0, 0.1) is 0 Å². The normalized spacial score (nSPS) is 12.8. The molecule has 0 bridgehead atoms. The molecule has 0 aliphatic heterocycles. The van der Waals surface area contributed by atoms with Gasteiger partial charge >= 0.3 is 0 Å². The molecule has 9 aromatic rings. The summed E-state index contributed by atoms with van der Waals surface area (Å²) in [4.78, 5) is 14.2. The maximum atomic E-state index is 5.23. The molecule has 190 valence electrons. The molecule has 10 rings (SSSR count). The first-order valence-electron chi connectivity index (χ1n) is 13.9. The van der Waals surface area contributed by atoms with Gasteiger partial charge in [-0.05, 0) is 76.5 Å². The lowest BCUT2D eigenvalue weighted by atomic mass is 9.99. The van der Waals surface area contributed by atoms with Crippen LogP contribution >= 0.6 is 0 Å². The Morgan fingerprint density at radius 3 is 2.37 bits per heavy atom. The van der Waals surface area contributed by atoms with Gasteiger partial charge in [0.2, 0.25) is 0 Å². The van der Waals surface area contributed by atoms with Crippen molar-refractivity contribution in [2.45, 2.75) is 6.42 Å². The standard InChI is InChI=1S/C36H21N5/c1-2-7-23(8-3-1)40-31-11-10-25-28-19-37-15-13-30(28)41-33-20-38-14-12-29(33)39-36(41)35(25)34(31)27-17-22-16-21-6-4-5-9-24(21)26(22)18-32(27)40/h1-15,17-20H,16H2. The van der Waals surface area contributed by atoms with Gasteiger partial charge in [0.15, 0.2) is 0 Å². The second kappa shape index (κ2) is 7.55. The number of nitrogens with zero attached hydrogens (tertiary/aromatic N) is 5. The van der Waals surface area contributed by atoms with E-state index in [4.69, 9.17) is 4.98 Å². The van der Waals surface area contributed by atoms with Crippen LogP contribution in [0.2, 0.25) is 0 Å². The predicted molar refractivity (Wildman–Crippen MR) is 166 cm³/mol. The summed E-state index contributed by atoms with van der Waals surface area (Å²) in [6, 6.07) is 32.9. The van der Waals surface area contributed by atoms with Crippen LogP contribution < -0.4 is 0 Å². The van der Waals surface area contributed by atoms with Gasteiger partial charge in [-0.2, -0.15) is 0 Å².